The molecule has 0 amide bonds. The van der Waals surface area contributed by atoms with Gasteiger partial charge in [0.15, 0.2) is 0 Å². The first-order chi connectivity index (χ1) is 9.31. The Morgan fingerprint density at radius 1 is 1.11 bits per heavy atom. The smallest absolute Gasteiger partial charge is 0.120 e. The highest BCUT2D eigenvalue weighted by molar-refractivity contribution is 5.48. The average molecular weight is 256 g/mol. The highest BCUT2D eigenvalue weighted by Crippen LogP contribution is 2.17. The number of ether oxygens (including phenoxy) is 1. The van der Waals surface area contributed by atoms with Crippen molar-refractivity contribution in [3.05, 3.63) is 64.6 Å². The van der Waals surface area contributed by atoms with E-state index in [1.807, 2.05) is 48.5 Å². The van der Waals surface area contributed by atoms with Crippen LogP contribution in [0.2, 0.25) is 0 Å². The predicted molar refractivity (Wildman–Crippen MR) is 76.3 cm³/mol. The minimum Gasteiger partial charge on any atom is -0.497 e. The van der Waals surface area contributed by atoms with E-state index in [9.17, 15) is 4.91 Å². The molecule has 0 saturated carbocycles. The van der Waals surface area contributed by atoms with Gasteiger partial charge in [0.05, 0.1) is 7.11 Å². The molecule has 0 aliphatic rings. The van der Waals surface area contributed by atoms with Gasteiger partial charge < -0.3 is 10.1 Å². The Morgan fingerprint density at radius 2 is 1.84 bits per heavy atom. The molecular formula is C15H16N2O2. The fourth-order valence-electron chi connectivity index (χ4n) is 1.77. The van der Waals surface area contributed by atoms with E-state index in [-0.39, 0.29) is 6.54 Å². The van der Waals surface area contributed by atoms with Gasteiger partial charge in [-0.15, -0.1) is 0 Å². The lowest BCUT2D eigenvalue weighted by Gasteiger charge is -2.08. The summed E-state index contributed by atoms with van der Waals surface area (Å²) in [7, 11) is 1.65. The third kappa shape index (κ3) is 3.81. The first kappa shape index (κ1) is 13.1. The van der Waals surface area contributed by atoms with Gasteiger partial charge in [-0.05, 0) is 23.3 Å². The zero-order valence-electron chi connectivity index (χ0n) is 10.8. The second kappa shape index (κ2) is 6.54. The van der Waals surface area contributed by atoms with Crippen LogP contribution in [0.5, 0.6) is 5.75 Å². The standard InChI is InChI=1S/C15H16N2O2/c1-19-15-4-2-3-14(9-15)16-10-12-5-7-13(8-6-12)11-17-18/h2-9,16H,10-11H2,1H3. The molecular weight excluding hydrogens is 240 g/mol. The summed E-state index contributed by atoms with van der Waals surface area (Å²) in [5, 5.41) is 6.19. The molecule has 2 rings (SSSR count). The van der Waals surface area contributed by atoms with Crippen LogP contribution >= 0.6 is 0 Å². The Kier molecular flexibility index (Phi) is 4.50. The summed E-state index contributed by atoms with van der Waals surface area (Å²) in [6.07, 6.45) is 0. The number of nitrogens with one attached hydrogen (secondary N) is 1. The first-order valence-electron chi connectivity index (χ1n) is 6.06. The molecule has 0 fully saturated rings. The van der Waals surface area contributed by atoms with Gasteiger partial charge in [-0.2, -0.15) is 4.91 Å². The minimum atomic E-state index is 0.226. The molecule has 0 unspecified atom stereocenters. The number of anilines is 1. The summed E-state index contributed by atoms with van der Waals surface area (Å²) < 4.78 is 5.17. The molecule has 4 nitrogen and oxygen atoms in total. The maximum atomic E-state index is 10.2. The van der Waals surface area contributed by atoms with Crippen molar-refractivity contribution >= 4 is 5.69 Å². The van der Waals surface area contributed by atoms with Crippen molar-refractivity contribution < 1.29 is 4.74 Å². The van der Waals surface area contributed by atoms with Crippen LogP contribution in [0.25, 0.3) is 0 Å². The van der Waals surface area contributed by atoms with Crippen molar-refractivity contribution in [3.8, 4) is 5.75 Å². The number of nitroso groups, excluding NO2 is 1. The summed E-state index contributed by atoms with van der Waals surface area (Å²) in [5.74, 6) is 0.831. The van der Waals surface area contributed by atoms with Crippen molar-refractivity contribution in [2.45, 2.75) is 13.1 Å². The molecule has 0 spiro atoms. The van der Waals surface area contributed by atoms with E-state index >= 15 is 0 Å². The van der Waals surface area contributed by atoms with Gasteiger partial charge in [0.25, 0.3) is 0 Å². The van der Waals surface area contributed by atoms with Gasteiger partial charge in [-0.1, -0.05) is 35.5 Å². The Hall–Kier alpha value is -2.36. The number of benzene rings is 2. The lowest BCUT2D eigenvalue weighted by molar-refractivity contribution is 0.415. The molecule has 0 heterocycles. The Bertz CT molecular complexity index is 538. The topological polar surface area (TPSA) is 50.7 Å². The molecule has 2 aromatic carbocycles. The van der Waals surface area contributed by atoms with Gasteiger partial charge >= 0.3 is 0 Å². The van der Waals surface area contributed by atoms with Crippen molar-refractivity contribution in [1.29, 1.82) is 0 Å². The van der Waals surface area contributed by atoms with Crippen molar-refractivity contribution in [1.82, 2.24) is 0 Å². The van der Waals surface area contributed by atoms with Crippen molar-refractivity contribution in [2.75, 3.05) is 12.4 Å². The lowest BCUT2D eigenvalue weighted by Crippen LogP contribution is -1.99. The molecule has 1 N–H and O–H groups in total. The van der Waals surface area contributed by atoms with E-state index in [4.69, 9.17) is 4.74 Å². The van der Waals surface area contributed by atoms with Crippen molar-refractivity contribution in [3.63, 3.8) is 0 Å². The van der Waals surface area contributed by atoms with Gasteiger partial charge in [0, 0.05) is 18.3 Å². The molecule has 19 heavy (non-hydrogen) atoms. The summed E-state index contributed by atoms with van der Waals surface area (Å²) in [4.78, 5) is 10.2. The zero-order valence-corrected chi connectivity index (χ0v) is 10.8. The second-order valence-electron chi connectivity index (χ2n) is 4.19. The molecule has 4 heteroatoms. The number of hydrogen-bond acceptors (Lipinski definition) is 4. The molecule has 98 valence electrons. The fourth-order valence-corrected chi connectivity index (χ4v) is 1.77. The Morgan fingerprint density at radius 3 is 2.53 bits per heavy atom. The Balaban J connectivity index is 1.95. The molecule has 0 atom stereocenters. The quantitative estimate of drug-likeness (QED) is 0.804. The second-order valence-corrected chi connectivity index (χ2v) is 4.19. The van der Waals surface area contributed by atoms with Crippen LogP contribution in [0.4, 0.5) is 5.69 Å². The molecule has 0 saturated heterocycles. The van der Waals surface area contributed by atoms with Gasteiger partial charge in [0.1, 0.15) is 12.3 Å². The van der Waals surface area contributed by atoms with Crippen LogP contribution in [0.3, 0.4) is 0 Å². The SMILES string of the molecule is COc1cccc(NCc2ccc(CN=O)cc2)c1. The zero-order chi connectivity index (χ0) is 13.5. The number of methoxy groups -OCH3 is 1. The van der Waals surface area contributed by atoms with Gasteiger partial charge in [-0.25, -0.2) is 0 Å². The number of hydrogen-bond donors (Lipinski definition) is 1. The predicted octanol–water partition coefficient (Wildman–Crippen LogP) is 3.57. The highest BCUT2D eigenvalue weighted by Gasteiger charge is 1.97. The normalized spacial score (nSPS) is 9.95. The minimum absolute atomic E-state index is 0.226. The lowest BCUT2D eigenvalue weighted by atomic mass is 10.1. The van der Waals surface area contributed by atoms with E-state index in [0.29, 0.717) is 0 Å². The molecule has 0 aliphatic carbocycles. The number of nitrogens with zero attached hydrogens (tertiary/aromatic N) is 1. The van der Waals surface area contributed by atoms with Crippen LogP contribution in [0, 0.1) is 4.91 Å². The fraction of sp³-hybridized carbons (Fsp3) is 0.200. The Labute approximate surface area is 112 Å². The summed E-state index contributed by atoms with van der Waals surface area (Å²) in [6, 6.07) is 15.6. The van der Waals surface area contributed by atoms with Crippen molar-refractivity contribution in [2.24, 2.45) is 5.18 Å². The molecule has 2 aromatic rings. The van der Waals surface area contributed by atoms with E-state index in [0.717, 1.165) is 29.1 Å². The summed E-state index contributed by atoms with van der Waals surface area (Å²) in [6.45, 7) is 0.950. The molecule has 0 radical (unpaired) electrons. The van der Waals surface area contributed by atoms with Crippen LogP contribution in [-0.2, 0) is 13.1 Å². The monoisotopic (exact) mass is 256 g/mol. The first-order valence-corrected chi connectivity index (χ1v) is 6.06. The maximum Gasteiger partial charge on any atom is 0.120 e. The van der Waals surface area contributed by atoms with E-state index in [1.54, 1.807) is 7.11 Å². The third-order valence-corrected chi connectivity index (χ3v) is 2.84. The van der Waals surface area contributed by atoms with Gasteiger partial charge in [-0.3, -0.25) is 0 Å². The largest absolute Gasteiger partial charge is 0.497 e. The highest BCUT2D eigenvalue weighted by atomic mass is 16.5. The summed E-state index contributed by atoms with van der Waals surface area (Å²) in [5.41, 5.74) is 3.09. The molecule has 0 aromatic heterocycles. The average Bonchev–Trinajstić information content (AvgIpc) is 2.47. The van der Waals surface area contributed by atoms with Crippen LogP contribution < -0.4 is 10.1 Å². The van der Waals surface area contributed by atoms with Crippen LogP contribution in [0.1, 0.15) is 11.1 Å². The van der Waals surface area contributed by atoms with Crippen LogP contribution in [0.15, 0.2) is 53.7 Å². The van der Waals surface area contributed by atoms with E-state index in [2.05, 4.69) is 10.5 Å². The summed E-state index contributed by atoms with van der Waals surface area (Å²) >= 11 is 0. The van der Waals surface area contributed by atoms with E-state index < -0.39 is 0 Å². The van der Waals surface area contributed by atoms with Crippen LogP contribution in [-0.4, -0.2) is 7.11 Å². The maximum absolute atomic E-state index is 10.2. The van der Waals surface area contributed by atoms with Gasteiger partial charge in [0.2, 0.25) is 0 Å². The molecule has 0 aliphatic heterocycles. The van der Waals surface area contributed by atoms with E-state index in [1.165, 1.54) is 0 Å². The number of rotatable bonds is 6. The molecule has 0 bridgehead atoms. The third-order valence-electron chi connectivity index (χ3n) is 2.84.